The third kappa shape index (κ3) is 2.54. The predicted molar refractivity (Wildman–Crippen MR) is 111 cm³/mol. The Balaban J connectivity index is 1.79. The Hall–Kier alpha value is -3.34. The lowest BCUT2D eigenvalue weighted by Crippen LogP contribution is -2.11. The third-order valence-corrected chi connectivity index (χ3v) is 5.53. The largest absolute Gasteiger partial charge is 0.361 e. The van der Waals surface area contributed by atoms with Gasteiger partial charge in [-0.3, -0.25) is 0 Å². The fourth-order valence-corrected chi connectivity index (χ4v) is 3.91. The van der Waals surface area contributed by atoms with E-state index >= 15 is 0 Å². The van der Waals surface area contributed by atoms with Crippen LogP contribution in [0.5, 0.6) is 0 Å². The van der Waals surface area contributed by atoms with E-state index in [9.17, 15) is 0 Å². The lowest BCUT2D eigenvalue weighted by atomic mass is 9.94. The number of nitrogen functional groups attached to an aromatic ring is 1. The molecule has 5 nitrogen and oxygen atoms in total. The quantitative estimate of drug-likeness (QED) is 0.515. The van der Waals surface area contributed by atoms with Gasteiger partial charge in [0.15, 0.2) is 0 Å². The second-order valence-electron chi connectivity index (χ2n) is 7.55. The number of hydrogen-bond acceptors (Lipinski definition) is 4. The number of fused-ring (bicyclic) bond motifs is 1. The third-order valence-electron chi connectivity index (χ3n) is 5.53. The minimum atomic E-state index is 0.456. The number of nitrogens with zero attached hydrogens (tertiary/aromatic N) is 3. The van der Waals surface area contributed by atoms with E-state index in [2.05, 4.69) is 36.0 Å². The monoisotopic (exact) mass is 370 g/mol. The van der Waals surface area contributed by atoms with Crippen molar-refractivity contribution >= 4 is 16.6 Å². The van der Waals surface area contributed by atoms with Gasteiger partial charge in [-0.2, -0.15) is 0 Å². The summed E-state index contributed by atoms with van der Waals surface area (Å²) < 4.78 is 7.15. The van der Waals surface area contributed by atoms with Crippen LogP contribution in [0.15, 0.2) is 53.6 Å². The molecule has 140 valence electrons. The average Bonchev–Trinajstić information content (AvgIpc) is 3.43. The van der Waals surface area contributed by atoms with Crippen molar-refractivity contribution in [3.8, 4) is 11.1 Å². The molecule has 1 saturated carbocycles. The summed E-state index contributed by atoms with van der Waals surface area (Å²) in [6.45, 7) is 8.27. The van der Waals surface area contributed by atoms with Crippen molar-refractivity contribution in [2.24, 2.45) is 0 Å². The summed E-state index contributed by atoms with van der Waals surface area (Å²) in [4.78, 5) is 4.93. The van der Waals surface area contributed by atoms with Crippen molar-refractivity contribution in [1.82, 2.24) is 14.8 Å². The van der Waals surface area contributed by atoms with Crippen LogP contribution < -0.4 is 5.84 Å². The molecule has 0 saturated heterocycles. The van der Waals surface area contributed by atoms with E-state index in [1.807, 2.05) is 32.0 Å². The molecule has 0 spiro atoms. The van der Waals surface area contributed by atoms with Gasteiger partial charge in [0.05, 0.1) is 16.7 Å². The van der Waals surface area contributed by atoms with E-state index < -0.39 is 0 Å². The van der Waals surface area contributed by atoms with Crippen LogP contribution in [-0.2, 0) is 0 Å². The molecular weight excluding hydrogens is 348 g/mol. The van der Waals surface area contributed by atoms with Gasteiger partial charge < -0.3 is 10.4 Å². The second-order valence-corrected chi connectivity index (χ2v) is 7.55. The van der Waals surface area contributed by atoms with Crippen LogP contribution >= 0.6 is 0 Å². The number of rotatable bonds is 4. The molecule has 5 rings (SSSR count). The zero-order chi connectivity index (χ0) is 19.4. The molecule has 28 heavy (non-hydrogen) atoms. The molecule has 0 atom stereocenters. The maximum Gasteiger partial charge on any atom is 0.141 e. The van der Waals surface area contributed by atoms with Crippen molar-refractivity contribution in [2.45, 2.75) is 32.6 Å². The Morgan fingerprint density at radius 2 is 1.93 bits per heavy atom. The number of benzene rings is 2. The molecule has 2 N–H and O–H groups in total. The van der Waals surface area contributed by atoms with Crippen LogP contribution in [-0.4, -0.2) is 14.8 Å². The molecule has 0 amide bonds. The first-order valence-electron chi connectivity index (χ1n) is 9.54. The van der Waals surface area contributed by atoms with Crippen LogP contribution in [0.1, 0.15) is 47.2 Å². The molecule has 0 radical (unpaired) electrons. The summed E-state index contributed by atoms with van der Waals surface area (Å²) in [7, 11) is 0. The molecule has 2 heterocycles. The summed E-state index contributed by atoms with van der Waals surface area (Å²) in [6.07, 6.45) is 2.29. The minimum absolute atomic E-state index is 0.456. The van der Waals surface area contributed by atoms with E-state index in [-0.39, 0.29) is 0 Å². The molecule has 0 bridgehead atoms. The van der Waals surface area contributed by atoms with E-state index in [4.69, 9.17) is 15.3 Å². The van der Waals surface area contributed by atoms with Gasteiger partial charge in [-0.25, -0.2) is 9.66 Å². The molecule has 1 aliphatic rings. The maximum atomic E-state index is 6.47. The zero-order valence-corrected chi connectivity index (χ0v) is 16.1. The highest BCUT2D eigenvalue weighted by Crippen LogP contribution is 2.42. The lowest BCUT2D eigenvalue weighted by molar-refractivity contribution is 0.393. The van der Waals surface area contributed by atoms with Gasteiger partial charge in [0.2, 0.25) is 0 Å². The topological polar surface area (TPSA) is 69.9 Å². The van der Waals surface area contributed by atoms with Gasteiger partial charge in [0, 0.05) is 17.0 Å². The second kappa shape index (κ2) is 6.09. The van der Waals surface area contributed by atoms with E-state index in [0.717, 1.165) is 69.0 Å². The highest BCUT2D eigenvalue weighted by molar-refractivity contribution is 5.97. The zero-order valence-electron chi connectivity index (χ0n) is 16.1. The molecule has 2 aromatic heterocycles. The van der Waals surface area contributed by atoms with Crippen LogP contribution in [0.4, 0.5) is 0 Å². The van der Waals surface area contributed by atoms with Gasteiger partial charge >= 0.3 is 0 Å². The number of aryl methyl sites for hydroxylation is 2. The van der Waals surface area contributed by atoms with Crippen LogP contribution in [0, 0.1) is 13.8 Å². The Morgan fingerprint density at radius 3 is 2.57 bits per heavy atom. The Bertz CT molecular complexity index is 1190. The molecule has 1 aliphatic carbocycles. The minimum Gasteiger partial charge on any atom is -0.361 e. The normalized spacial score (nSPS) is 13.9. The summed E-state index contributed by atoms with van der Waals surface area (Å²) in [6, 6.07) is 14.4. The van der Waals surface area contributed by atoms with Crippen molar-refractivity contribution in [3.05, 3.63) is 77.4 Å². The van der Waals surface area contributed by atoms with Crippen molar-refractivity contribution in [1.29, 1.82) is 0 Å². The summed E-state index contributed by atoms with van der Waals surface area (Å²) in [5.74, 6) is 8.67. The molecular formula is C23H22N4O. The van der Waals surface area contributed by atoms with Crippen molar-refractivity contribution in [3.63, 3.8) is 0 Å². The van der Waals surface area contributed by atoms with E-state index in [1.165, 1.54) is 0 Å². The number of hydrogen-bond donors (Lipinski definition) is 1. The average molecular weight is 370 g/mol. The highest BCUT2D eigenvalue weighted by Gasteiger charge is 2.30. The fourth-order valence-electron chi connectivity index (χ4n) is 3.91. The SMILES string of the molecule is C=C(c1ccccc1)c1cc(-c2c(C)noc2C)cc2c1nc(C1CC1)n2N. The van der Waals surface area contributed by atoms with Gasteiger partial charge in [-0.15, -0.1) is 0 Å². The van der Waals surface area contributed by atoms with Gasteiger partial charge in [0.1, 0.15) is 11.6 Å². The van der Waals surface area contributed by atoms with Gasteiger partial charge in [-0.05, 0) is 55.5 Å². The Labute approximate surface area is 163 Å². The first kappa shape index (κ1) is 16.8. The molecule has 4 aromatic rings. The molecule has 0 unspecified atom stereocenters. The van der Waals surface area contributed by atoms with Gasteiger partial charge in [0.25, 0.3) is 0 Å². The Kier molecular flexibility index (Phi) is 3.66. The van der Waals surface area contributed by atoms with Crippen molar-refractivity contribution < 1.29 is 4.52 Å². The first-order chi connectivity index (χ1) is 13.5. The maximum absolute atomic E-state index is 6.47. The number of imidazole rings is 1. The summed E-state index contributed by atoms with van der Waals surface area (Å²) in [5, 5.41) is 4.12. The first-order valence-corrected chi connectivity index (χ1v) is 9.54. The van der Waals surface area contributed by atoms with E-state index in [0.29, 0.717) is 5.92 Å². The molecule has 0 aliphatic heterocycles. The lowest BCUT2D eigenvalue weighted by Gasteiger charge is -2.11. The smallest absolute Gasteiger partial charge is 0.141 e. The standard InChI is InChI=1S/C23H22N4O/c1-13(16-7-5-4-6-8-16)19-11-18(21-14(2)26-28-15(21)3)12-20-22(19)25-23(27(20)24)17-9-10-17/h4-8,11-12,17H,1,9-10,24H2,2-3H3. The Morgan fingerprint density at radius 1 is 1.18 bits per heavy atom. The molecule has 2 aromatic carbocycles. The molecule has 5 heteroatoms. The highest BCUT2D eigenvalue weighted by atomic mass is 16.5. The summed E-state index contributed by atoms with van der Waals surface area (Å²) >= 11 is 0. The van der Waals surface area contributed by atoms with Crippen LogP contribution in [0.3, 0.4) is 0 Å². The summed E-state index contributed by atoms with van der Waals surface area (Å²) in [5.41, 5.74) is 7.67. The van der Waals surface area contributed by atoms with Crippen LogP contribution in [0.25, 0.3) is 27.7 Å². The van der Waals surface area contributed by atoms with Crippen LogP contribution in [0.2, 0.25) is 0 Å². The van der Waals surface area contributed by atoms with Crippen molar-refractivity contribution in [2.75, 3.05) is 5.84 Å². The molecule has 1 fully saturated rings. The fraction of sp³-hybridized carbons (Fsp3) is 0.217. The predicted octanol–water partition coefficient (Wildman–Crippen LogP) is 4.96. The number of aromatic nitrogens is 3. The van der Waals surface area contributed by atoms with Gasteiger partial charge in [-0.1, -0.05) is 42.1 Å². The number of nitrogens with two attached hydrogens (primary N) is 1. The van der Waals surface area contributed by atoms with E-state index in [1.54, 1.807) is 4.68 Å².